The molecule has 172 valence electrons. The number of hydrogen-bond donors (Lipinski definition) is 1. The lowest BCUT2D eigenvalue weighted by Crippen LogP contribution is -2.68. The molecule has 2 N–H and O–H groups in total. The number of non-ortho nitro benzene ring substituents is 1. The number of carbonyl (C=O) groups excluding carboxylic acids is 2. The van der Waals surface area contributed by atoms with Gasteiger partial charge in [0.15, 0.2) is 11.5 Å². The maximum absolute atomic E-state index is 13.0. The quantitative estimate of drug-likeness (QED) is 0.157. The van der Waals surface area contributed by atoms with E-state index < -0.39 is 38.3 Å². The number of β-lactam (4-membered cyclic amide) rings is 1. The van der Waals surface area contributed by atoms with Crippen molar-refractivity contribution < 1.29 is 31.9 Å². The molecule has 2 aromatic carbocycles. The van der Waals surface area contributed by atoms with E-state index in [2.05, 4.69) is 0 Å². The van der Waals surface area contributed by atoms with E-state index in [1.165, 1.54) is 24.3 Å². The summed E-state index contributed by atoms with van der Waals surface area (Å²) in [6.07, 6.45) is 0. The average molecular weight is 492 g/mol. The number of hydrogen-bond acceptors (Lipinski definition) is 10. The highest BCUT2D eigenvalue weighted by atomic mass is 32.2. The predicted octanol–water partition coefficient (Wildman–Crippen LogP) is 1.67. The van der Waals surface area contributed by atoms with E-state index in [9.17, 15) is 28.1 Å². The van der Waals surface area contributed by atoms with Gasteiger partial charge in [-0.15, -0.1) is 11.8 Å². The molecule has 0 radical (unpaired) electrons. The van der Waals surface area contributed by atoms with Crippen molar-refractivity contribution in [3.05, 3.63) is 75.7 Å². The highest BCUT2D eigenvalue weighted by molar-refractivity contribution is 8.00. The fourth-order valence-electron chi connectivity index (χ4n) is 3.22. The van der Waals surface area contributed by atoms with Gasteiger partial charge in [0.2, 0.25) is 5.91 Å². The molecule has 4 rings (SSSR count). The number of fused-ring (bicyclic) bond motifs is 1. The van der Waals surface area contributed by atoms with E-state index >= 15 is 0 Å². The van der Waals surface area contributed by atoms with Crippen molar-refractivity contribution in [1.82, 2.24) is 4.90 Å². The SMILES string of the molecule is Cc1ccc(S(=O)(=O)OC2=C(C(=O)Oc3ccc([N+](=O)[O-])cc3)N3C(=O)C(N)[C@H]3SC2)cc1. The van der Waals surface area contributed by atoms with Gasteiger partial charge in [-0.25, -0.2) is 4.79 Å². The van der Waals surface area contributed by atoms with Crippen molar-refractivity contribution in [2.24, 2.45) is 5.73 Å². The second-order valence-electron chi connectivity index (χ2n) is 7.20. The standard InChI is InChI=1S/C20H17N3O8S2/c1-11-2-8-14(9-3-11)33(28,29)31-15-10-32-19-16(21)18(24)22(19)17(15)20(25)30-13-6-4-12(5-7-13)23(26)27/h2-9,16,19H,10,21H2,1H3/t16?,19-/m1/s1. The number of nitro benzene ring substituents is 1. The molecule has 1 saturated heterocycles. The molecule has 33 heavy (non-hydrogen) atoms. The number of amides is 1. The zero-order chi connectivity index (χ0) is 23.9. The molecule has 0 bridgehead atoms. The number of thioether (sulfide) groups is 1. The van der Waals surface area contributed by atoms with Crippen LogP contribution in [0, 0.1) is 17.0 Å². The second kappa shape index (κ2) is 8.50. The third-order valence-electron chi connectivity index (χ3n) is 4.95. The first-order valence-electron chi connectivity index (χ1n) is 9.49. The first kappa shape index (κ1) is 22.8. The first-order valence-corrected chi connectivity index (χ1v) is 12.0. The third kappa shape index (κ3) is 4.29. The predicted molar refractivity (Wildman–Crippen MR) is 116 cm³/mol. The fraction of sp³-hybridized carbons (Fsp3) is 0.200. The molecule has 1 unspecified atom stereocenters. The van der Waals surface area contributed by atoms with Crippen molar-refractivity contribution in [3.63, 3.8) is 0 Å². The van der Waals surface area contributed by atoms with Crippen molar-refractivity contribution in [1.29, 1.82) is 0 Å². The zero-order valence-corrected chi connectivity index (χ0v) is 18.7. The van der Waals surface area contributed by atoms with Gasteiger partial charge < -0.3 is 14.7 Å². The van der Waals surface area contributed by atoms with Crippen molar-refractivity contribution in [3.8, 4) is 5.75 Å². The maximum Gasteiger partial charge on any atom is 0.364 e. The summed E-state index contributed by atoms with van der Waals surface area (Å²) in [5, 5.41) is 10.2. The topological polar surface area (TPSA) is 159 Å². The molecule has 13 heteroatoms. The molecular weight excluding hydrogens is 474 g/mol. The van der Waals surface area contributed by atoms with Crippen LogP contribution in [-0.2, 0) is 23.9 Å². The van der Waals surface area contributed by atoms with Crippen LogP contribution >= 0.6 is 11.8 Å². The fourth-order valence-corrected chi connectivity index (χ4v) is 5.46. The zero-order valence-electron chi connectivity index (χ0n) is 17.0. The van der Waals surface area contributed by atoms with E-state index in [-0.39, 0.29) is 33.5 Å². The van der Waals surface area contributed by atoms with Gasteiger partial charge in [-0.2, -0.15) is 8.42 Å². The summed E-state index contributed by atoms with van der Waals surface area (Å²) in [7, 11) is -4.30. The molecule has 0 aromatic heterocycles. The van der Waals surface area contributed by atoms with Crippen molar-refractivity contribution >= 4 is 39.4 Å². The van der Waals surface area contributed by atoms with Crippen LogP contribution in [0.3, 0.4) is 0 Å². The number of benzene rings is 2. The van der Waals surface area contributed by atoms with Crippen LogP contribution in [0.2, 0.25) is 0 Å². The van der Waals surface area contributed by atoms with Crippen LogP contribution < -0.4 is 10.5 Å². The van der Waals surface area contributed by atoms with Gasteiger partial charge in [0.05, 0.1) is 10.7 Å². The minimum absolute atomic E-state index is 0.0362. The van der Waals surface area contributed by atoms with Gasteiger partial charge in [-0.05, 0) is 31.2 Å². The van der Waals surface area contributed by atoms with E-state index in [4.69, 9.17) is 14.7 Å². The number of nitrogens with two attached hydrogens (primary N) is 1. The minimum atomic E-state index is -4.30. The number of nitro groups is 1. The summed E-state index contributed by atoms with van der Waals surface area (Å²) in [4.78, 5) is 36.5. The molecule has 0 spiro atoms. The molecular formula is C20H17N3O8S2. The Morgan fingerprint density at radius 2 is 1.82 bits per heavy atom. The van der Waals surface area contributed by atoms with Crippen LogP contribution in [0.4, 0.5) is 5.69 Å². The number of carbonyl (C=O) groups is 2. The Labute approximate surface area is 192 Å². The number of nitrogens with zero attached hydrogens (tertiary/aromatic N) is 2. The summed E-state index contributed by atoms with van der Waals surface area (Å²) in [6, 6.07) is 9.76. The molecule has 2 heterocycles. The molecule has 2 atom stereocenters. The highest BCUT2D eigenvalue weighted by Crippen LogP contribution is 2.41. The Morgan fingerprint density at radius 3 is 2.42 bits per heavy atom. The van der Waals surface area contributed by atoms with Crippen LogP contribution in [0.15, 0.2) is 64.9 Å². The Morgan fingerprint density at radius 1 is 1.18 bits per heavy atom. The largest absolute Gasteiger partial charge is 0.422 e. The van der Waals surface area contributed by atoms with E-state index in [0.29, 0.717) is 0 Å². The third-order valence-corrected chi connectivity index (χ3v) is 7.49. The Hall–Kier alpha value is -3.42. The molecule has 2 aliphatic rings. The van der Waals surface area contributed by atoms with Crippen LogP contribution in [0.25, 0.3) is 0 Å². The summed E-state index contributed by atoms with van der Waals surface area (Å²) in [5.41, 5.74) is 6.07. The number of esters is 1. The Bertz CT molecular complexity index is 1270. The Balaban J connectivity index is 1.67. The number of ether oxygens (including phenoxy) is 1. The Kier molecular flexibility index (Phi) is 5.86. The van der Waals surface area contributed by atoms with E-state index in [1.54, 1.807) is 19.1 Å². The molecule has 0 aliphatic carbocycles. The molecule has 0 saturated carbocycles. The summed E-state index contributed by atoms with van der Waals surface area (Å²) < 4.78 is 36.1. The molecule has 1 amide bonds. The van der Waals surface area contributed by atoms with Gasteiger partial charge in [0.1, 0.15) is 22.1 Å². The monoisotopic (exact) mass is 491 g/mol. The van der Waals surface area contributed by atoms with Crippen LogP contribution in [0.1, 0.15) is 5.56 Å². The van der Waals surface area contributed by atoms with E-state index in [0.717, 1.165) is 34.4 Å². The van der Waals surface area contributed by atoms with Gasteiger partial charge in [0, 0.05) is 12.1 Å². The van der Waals surface area contributed by atoms with Gasteiger partial charge in [0.25, 0.3) is 5.69 Å². The van der Waals surface area contributed by atoms with Crippen LogP contribution in [0.5, 0.6) is 5.75 Å². The molecule has 11 nitrogen and oxygen atoms in total. The maximum atomic E-state index is 13.0. The first-order chi connectivity index (χ1) is 15.6. The number of rotatable bonds is 6. The smallest absolute Gasteiger partial charge is 0.364 e. The van der Waals surface area contributed by atoms with Crippen molar-refractivity contribution in [2.75, 3.05) is 5.75 Å². The lowest BCUT2D eigenvalue weighted by molar-refractivity contribution is -0.384. The van der Waals surface area contributed by atoms with Crippen molar-refractivity contribution in [2.45, 2.75) is 23.2 Å². The van der Waals surface area contributed by atoms with Crippen LogP contribution in [-0.4, -0.2) is 47.3 Å². The lowest BCUT2D eigenvalue weighted by atomic mass is 10.1. The summed E-state index contributed by atoms with van der Waals surface area (Å²) >= 11 is 1.15. The minimum Gasteiger partial charge on any atom is -0.422 e. The summed E-state index contributed by atoms with van der Waals surface area (Å²) in [6.45, 7) is 1.79. The second-order valence-corrected chi connectivity index (χ2v) is 9.85. The summed E-state index contributed by atoms with van der Waals surface area (Å²) in [5.74, 6) is -1.99. The van der Waals surface area contributed by atoms with Gasteiger partial charge >= 0.3 is 16.1 Å². The van der Waals surface area contributed by atoms with E-state index in [1.807, 2.05) is 0 Å². The normalized spacial score (nSPS) is 20.1. The molecule has 2 aliphatic heterocycles. The lowest BCUT2D eigenvalue weighted by Gasteiger charge is -2.47. The molecule has 1 fully saturated rings. The van der Waals surface area contributed by atoms with Gasteiger partial charge in [-0.1, -0.05) is 17.7 Å². The number of aryl methyl sites for hydroxylation is 1. The van der Waals surface area contributed by atoms with Gasteiger partial charge in [-0.3, -0.25) is 19.8 Å². The molecule has 2 aromatic rings. The highest BCUT2D eigenvalue weighted by Gasteiger charge is 2.53. The average Bonchev–Trinajstić information content (AvgIpc) is 2.78.